The van der Waals surface area contributed by atoms with Crippen LogP contribution in [0.1, 0.15) is 45.0 Å². The Hall–Kier alpha value is -3.30. The minimum absolute atomic E-state index is 0.179. The number of primary amides is 1. The number of nitrogens with two attached hydrogens (primary N) is 1. The number of nitrogens with zero attached hydrogens (tertiary/aromatic N) is 5. The van der Waals surface area contributed by atoms with Crippen molar-refractivity contribution in [3.05, 3.63) is 23.8 Å². The number of amides is 1. The van der Waals surface area contributed by atoms with E-state index in [-0.39, 0.29) is 12.1 Å². The summed E-state index contributed by atoms with van der Waals surface area (Å²) in [7, 11) is 0. The van der Waals surface area contributed by atoms with Crippen molar-refractivity contribution in [2.45, 2.75) is 46.7 Å². The van der Waals surface area contributed by atoms with Gasteiger partial charge in [0.15, 0.2) is 0 Å². The van der Waals surface area contributed by atoms with Crippen molar-refractivity contribution in [3.8, 4) is 0 Å². The summed E-state index contributed by atoms with van der Waals surface area (Å²) in [6.45, 7) is 14.2. The molecule has 1 aliphatic heterocycles. The first-order chi connectivity index (χ1) is 15.3. The average molecular weight is 442 g/mol. The summed E-state index contributed by atoms with van der Waals surface area (Å²) >= 11 is 0. The molecule has 10 nitrogen and oxygen atoms in total. The summed E-state index contributed by atoms with van der Waals surface area (Å²) in [5, 5.41) is 9.84. The van der Waals surface area contributed by atoms with Gasteiger partial charge in [-0.15, -0.1) is 0 Å². The molecule has 1 amide bonds. The lowest BCUT2D eigenvalue weighted by atomic mass is 10.1. The summed E-state index contributed by atoms with van der Waals surface area (Å²) < 4.78 is 0. The van der Waals surface area contributed by atoms with Crippen LogP contribution in [0.15, 0.2) is 18.2 Å². The van der Waals surface area contributed by atoms with E-state index in [0.717, 1.165) is 44.1 Å². The fraction of sp³-hybridized carbons (Fsp3) is 0.545. The highest BCUT2D eigenvalue weighted by Crippen LogP contribution is 2.30. The Bertz CT molecular complexity index is 934. The molecule has 2 aromatic rings. The normalized spacial score (nSPS) is 16.2. The summed E-state index contributed by atoms with van der Waals surface area (Å²) in [4.78, 5) is 30.0. The minimum Gasteiger partial charge on any atom is -0.384 e. The highest BCUT2D eigenvalue weighted by atomic mass is 16.1. The maximum atomic E-state index is 11.6. The van der Waals surface area contributed by atoms with Crippen molar-refractivity contribution < 1.29 is 4.79 Å². The van der Waals surface area contributed by atoms with Crippen molar-refractivity contribution in [2.75, 3.05) is 58.5 Å². The monoisotopic (exact) mass is 441 g/mol. The van der Waals surface area contributed by atoms with E-state index in [1.54, 1.807) is 6.07 Å². The molecule has 0 spiro atoms. The van der Waals surface area contributed by atoms with E-state index in [1.807, 2.05) is 26.0 Å². The first kappa shape index (κ1) is 23.4. The van der Waals surface area contributed by atoms with E-state index in [0.29, 0.717) is 23.4 Å². The Kier molecular flexibility index (Phi) is 7.55. The molecule has 1 aliphatic rings. The molecule has 1 saturated heterocycles. The first-order valence-corrected chi connectivity index (χ1v) is 11.3. The highest BCUT2D eigenvalue weighted by Gasteiger charge is 2.28. The molecule has 1 unspecified atom stereocenters. The van der Waals surface area contributed by atoms with Crippen molar-refractivity contribution in [3.63, 3.8) is 0 Å². The van der Waals surface area contributed by atoms with E-state index in [1.165, 1.54) is 0 Å². The molecule has 0 saturated carbocycles. The molecule has 1 aromatic heterocycles. The van der Waals surface area contributed by atoms with Crippen LogP contribution in [0.5, 0.6) is 0 Å². The Balaban J connectivity index is 1.83. The van der Waals surface area contributed by atoms with Gasteiger partial charge < -0.3 is 31.5 Å². The van der Waals surface area contributed by atoms with E-state index < -0.39 is 5.91 Å². The van der Waals surface area contributed by atoms with E-state index >= 15 is 0 Å². The van der Waals surface area contributed by atoms with Crippen LogP contribution in [0.4, 0.5) is 29.2 Å². The lowest BCUT2D eigenvalue weighted by Crippen LogP contribution is -2.53. The number of piperazine rings is 1. The van der Waals surface area contributed by atoms with Crippen molar-refractivity contribution in [1.29, 1.82) is 0 Å². The van der Waals surface area contributed by atoms with Crippen LogP contribution in [0.2, 0.25) is 0 Å². The van der Waals surface area contributed by atoms with Gasteiger partial charge in [-0.05, 0) is 52.8 Å². The third kappa shape index (κ3) is 5.49. The summed E-state index contributed by atoms with van der Waals surface area (Å²) in [5.74, 6) is 1.40. The largest absolute Gasteiger partial charge is 0.384 e. The Labute approximate surface area is 190 Å². The maximum Gasteiger partial charge on any atom is 0.248 e. The Morgan fingerprint density at radius 1 is 1.12 bits per heavy atom. The third-order valence-corrected chi connectivity index (χ3v) is 5.25. The van der Waals surface area contributed by atoms with E-state index in [4.69, 9.17) is 5.73 Å². The quantitative estimate of drug-likeness (QED) is 0.464. The second-order valence-electron chi connectivity index (χ2n) is 8.23. The maximum absolute atomic E-state index is 11.6. The van der Waals surface area contributed by atoms with Crippen molar-refractivity contribution in [2.24, 2.45) is 5.73 Å². The molecule has 1 fully saturated rings. The molecule has 2 heterocycles. The van der Waals surface area contributed by atoms with Crippen LogP contribution in [0, 0.1) is 0 Å². The number of hydrogen-bond donors (Lipinski definition) is 4. The van der Waals surface area contributed by atoms with Crippen LogP contribution in [0.25, 0.3) is 0 Å². The molecule has 0 aliphatic carbocycles. The molecule has 0 radical (unpaired) electrons. The van der Waals surface area contributed by atoms with Crippen LogP contribution in [-0.2, 0) is 0 Å². The average Bonchev–Trinajstić information content (AvgIpc) is 2.73. The van der Waals surface area contributed by atoms with E-state index in [2.05, 4.69) is 61.5 Å². The van der Waals surface area contributed by atoms with Gasteiger partial charge in [-0.25, -0.2) is 0 Å². The van der Waals surface area contributed by atoms with Crippen molar-refractivity contribution >= 4 is 35.1 Å². The van der Waals surface area contributed by atoms with Crippen LogP contribution >= 0.6 is 0 Å². The molecule has 0 bridgehead atoms. The molecule has 32 heavy (non-hydrogen) atoms. The van der Waals surface area contributed by atoms with Crippen LogP contribution in [0.3, 0.4) is 0 Å². The van der Waals surface area contributed by atoms with Gasteiger partial charge in [-0.2, -0.15) is 15.0 Å². The number of aromatic nitrogens is 3. The molecule has 10 heteroatoms. The van der Waals surface area contributed by atoms with Crippen LogP contribution in [-0.4, -0.2) is 65.7 Å². The number of carbonyl (C=O) groups excluding carboxylic acids is 1. The molecule has 1 atom stereocenters. The van der Waals surface area contributed by atoms with Gasteiger partial charge in [-0.1, -0.05) is 0 Å². The van der Waals surface area contributed by atoms with Crippen LogP contribution < -0.4 is 31.5 Å². The number of benzene rings is 1. The molecule has 3 rings (SSSR count). The zero-order chi connectivity index (χ0) is 23.3. The van der Waals surface area contributed by atoms with Gasteiger partial charge in [-0.3, -0.25) is 4.79 Å². The van der Waals surface area contributed by atoms with E-state index in [9.17, 15) is 4.79 Å². The first-order valence-electron chi connectivity index (χ1n) is 11.3. The summed E-state index contributed by atoms with van der Waals surface area (Å²) in [6, 6.07) is 5.99. The number of carbonyl (C=O) groups is 1. The zero-order valence-electron chi connectivity index (χ0n) is 19.6. The second-order valence-corrected chi connectivity index (χ2v) is 8.23. The SMILES string of the molecule is CCNc1nc(NC(C)C)nc(N2CCN(c3ccc(C(N)=O)cc3NCC)CC2C)n1. The molecule has 5 N–H and O–H groups in total. The number of rotatable bonds is 9. The third-order valence-electron chi connectivity index (χ3n) is 5.25. The lowest BCUT2D eigenvalue weighted by molar-refractivity contribution is 0.100. The van der Waals surface area contributed by atoms with Gasteiger partial charge in [0.2, 0.25) is 23.8 Å². The minimum atomic E-state index is -0.425. The van der Waals surface area contributed by atoms with Gasteiger partial charge in [0.05, 0.1) is 11.4 Å². The van der Waals surface area contributed by atoms with Crippen molar-refractivity contribution in [1.82, 2.24) is 15.0 Å². The van der Waals surface area contributed by atoms with Gasteiger partial charge in [0.25, 0.3) is 0 Å². The number of anilines is 5. The smallest absolute Gasteiger partial charge is 0.248 e. The molecular formula is C22H35N9O. The second kappa shape index (κ2) is 10.3. The standard InChI is InChI=1S/C22H35N9O/c1-6-24-17-12-16(19(23)32)8-9-18(17)30-10-11-31(15(5)13-30)22-28-20(25-7-2)27-21(29-22)26-14(3)4/h8-9,12,14-15,24H,6-7,10-11,13H2,1-5H3,(H2,23,32)(H2,25,26,27,28,29). The molecular weight excluding hydrogens is 406 g/mol. The predicted octanol–water partition coefficient (Wildman–Crippen LogP) is 2.37. The van der Waals surface area contributed by atoms with Gasteiger partial charge in [0.1, 0.15) is 0 Å². The number of hydrogen-bond acceptors (Lipinski definition) is 9. The molecule has 1 aromatic carbocycles. The zero-order valence-corrected chi connectivity index (χ0v) is 19.6. The summed E-state index contributed by atoms with van der Waals surface area (Å²) in [5.41, 5.74) is 7.96. The Morgan fingerprint density at radius 2 is 1.84 bits per heavy atom. The lowest BCUT2D eigenvalue weighted by Gasteiger charge is -2.41. The predicted molar refractivity (Wildman–Crippen MR) is 131 cm³/mol. The number of nitrogens with one attached hydrogen (secondary N) is 3. The Morgan fingerprint density at radius 3 is 2.47 bits per heavy atom. The topological polar surface area (TPSA) is 124 Å². The fourth-order valence-corrected chi connectivity index (χ4v) is 3.82. The molecule has 174 valence electrons. The highest BCUT2D eigenvalue weighted by molar-refractivity contribution is 5.95. The van der Waals surface area contributed by atoms with Gasteiger partial charge >= 0.3 is 0 Å². The summed E-state index contributed by atoms with van der Waals surface area (Å²) in [6.07, 6.45) is 0. The van der Waals surface area contributed by atoms with Gasteiger partial charge in [0, 0.05) is 50.4 Å². The fourth-order valence-electron chi connectivity index (χ4n) is 3.82.